The predicted octanol–water partition coefficient (Wildman–Crippen LogP) is 1.52. The molecule has 1 saturated carbocycles. The molecule has 1 saturated heterocycles. The minimum Gasteiger partial charge on any atom is -0.481 e. The van der Waals surface area contributed by atoms with Crippen molar-refractivity contribution < 1.29 is 14.7 Å². The number of carbonyl (C=O) groups excluding carboxylic acids is 1. The molecule has 0 aromatic heterocycles. The third-order valence-corrected chi connectivity index (χ3v) is 4.66. The summed E-state index contributed by atoms with van der Waals surface area (Å²) in [6.45, 7) is 2.96. The number of nitrogens with one attached hydrogen (secondary N) is 2. The molecule has 4 atom stereocenters. The smallest absolute Gasteiger partial charge is 0.308 e. The van der Waals surface area contributed by atoms with Gasteiger partial charge in [-0.25, -0.2) is 0 Å². The second-order valence-electron chi connectivity index (χ2n) is 6.27. The van der Waals surface area contributed by atoms with Crippen molar-refractivity contribution in [1.82, 2.24) is 10.6 Å². The van der Waals surface area contributed by atoms with Crippen LogP contribution in [0.25, 0.3) is 0 Å². The zero-order valence-corrected chi connectivity index (χ0v) is 12.2. The molecule has 20 heavy (non-hydrogen) atoms. The maximum atomic E-state index is 12.4. The highest BCUT2D eigenvalue weighted by atomic mass is 16.4. The molecule has 1 heterocycles. The number of carbonyl (C=O) groups is 2. The number of hydrogen-bond donors (Lipinski definition) is 3. The van der Waals surface area contributed by atoms with Crippen LogP contribution in [0, 0.1) is 11.8 Å². The minimum absolute atomic E-state index is 0.0314. The first-order valence-electron chi connectivity index (χ1n) is 7.84. The summed E-state index contributed by atoms with van der Waals surface area (Å²) in [6, 6.07) is 0.177. The first kappa shape index (κ1) is 15.3. The Morgan fingerprint density at radius 2 is 1.90 bits per heavy atom. The molecule has 114 valence electrons. The number of carboxylic acid groups (broad SMARTS) is 1. The number of carboxylic acids is 1. The topological polar surface area (TPSA) is 78.4 Å². The Labute approximate surface area is 120 Å². The molecule has 0 spiro atoms. The molecule has 5 heteroatoms. The maximum absolute atomic E-state index is 12.4. The second kappa shape index (κ2) is 7.07. The SMILES string of the molecule is CC1CC(C(=O)NC2CCCCCC2C(=O)O)CCN1. The molecule has 1 aliphatic heterocycles. The predicted molar refractivity (Wildman–Crippen MR) is 76.3 cm³/mol. The van der Waals surface area contributed by atoms with Gasteiger partial charge < -0.3 is 15.7 Å². The summed E-state index contributed by atoms with van der Waals surface area (Å²) < 4.78 is 0. The molecule has 2 rings (SSSR count). The van der Waals surface area contributed by atoms with Gasteiger partial charge in [0.05, 0.1) is 5.92 Å². The largest absolute Gasteiger partial charge is 0.481 e. The average molecular weight is 282 g/mol. The standard InChI is InChI=1S/C15H26N2O3/c1-10-9-11(7-8-16-10)14(18)17-13-6-4-2-3-5-12(13)15(19)20/h10-13,16H,2-9H2,1H3,(H,17,18)(H,19,20). The lowest BCUT2D eigenvalue weighted by Gasteiger charge is -2.30. The zero-order chi connectivity index (χ0) is 14.5. The lowest BCUT2D eigenvalue weighted by atomic mass is 9.90. The van der Waals surface area contributed by atoms with Crippen molar-refractivity contribution in [2.45, 2.75) is 64.0 Å². The molecule has 5 nitrogen and oxygen atoms in total. The van der Waals surface area contributed by atoms with Crippen molar-refractivity contribution in [2.24, 2.45) is 11.8 Å². The van der Waals surface area contributed by atoms with Crippen molar-refractivity contribution in [2.75, 3.05) is 6.54 Å². The molecular weight excluding hydrogens is 256 g/mol. The normalized spacial score (nSPS) is 35.0. The monoisotopic (exact) mass is 282 g/mol. The van der Waals surface area contributed by atoms with Crippen molar-refractivity contribution in [3.05, 3.63) is 0 Å². The van der Waals surface area contributed by atoms with Crippen LogP contribution < -0.4 is 10.6 Å². The molecule has 0 radical (unpaired) electrons. The third kappa shape index (κ3) is 3.95. The van der Waals surface area contributed by atoms with Gasteiger partial charge in [0, 0.05) is 18.0 Å². The van der Waals surface area contributed by atoms with Gasteiger partial charge >= 0.3 is 5.97 Å². The van der Waals surface area contributed by atoms with Crippen LogP contribution in [0.15, 0.2) is 0 Å². The van der Waals surface area contributed by atoms with Crippen LogP contribution in [0.5, 0.6) is 0 Å². The molecule has 0 bridgehead atoms. The van der Waals surface area contributed by atoms with Gasteiger partial charge in [0.15, 0.2) is 0 Å². The van der Waals surface area contributed by atoms with Crippen LogP contribution in [0.1, 0.15) is 51.9 Å². The van der Waals surface area contributed by atoms with Gasteiger partial charge in [0.1, 0.15) is 0 Å². The Kier molecular flexibility index (Phi) is 5.40. The van der Waals surface area contributed by atoms with E-state index in [2.05, 4.69) is 17.6 Å². The van der Waals surface area contributed by atoms with Gasteiger partial charge in [-0.05, 0) is 39.2 Å². The first-order valence-corrected chi connectivity index (χ1v) is 7.84. The highest BCUT2D eigenvalue weighted by Gasteiger charge is 2.33. The molecule has 0 aromatic carbocycles. The fourth-order valence-electron chi connectivity index (χ4n) is 3.45. The van der Waals surface area contributed by atoms with E-state index in [9.17, 15) is 14.7 Å². The van der Waals surface area contributed by atoms with E-state index in [1.54, 1.807) is 0 Å². The van der Waals surface area contributed by atoms with Gasteiger partial charge in [-0.3, -0.25) is 9.59 Å². The molecule has 1 amide bonds. The second-order valence-corrected chi connectivity index (χ2v) is 6.27. The average Bonchev–Trinajstić information content (AvgIpc) is 2.64. The first-order chi connectivity index (χ1) is 9.58. The third-order valence-electron chi connectivity index (χ3n) is 4.66. The quantitative estimate of drug-likeness (QED) is 0.686. The summed E-state index contributed by atoms with van der Waals surface area (Å²) in [5, 5.41) is 15.7. The highest BCUT2D eigenvalue weighted by molar-refractivity contribution is 5.80. The molecule has 3 N–H and O–H groups in total. The van der Waals surface area contributed by atoms with E-state index in [-0.39, 0.29) is 17.9 Å². The van der Waals surface area contributed by atoms with Crippen molar-refractivity contribution in [3.63, 3.8) is 0 Å². The van der Waals surface area contributed by atoms with Crippen LogP contribution in [0.2, 0.25) is 0 Å². The molecule has 0 aromatic rings. The maximum Gasteiger partial charge on any atom is 0.308 e. The molecule has 2 aliphatic rings. The lowest BCUT2D eigenvalue weighted by molar-refractivity contribution is -0.143. The van der Waals surface area contributed by atoms with E-state index < -0.39 is 11.9 Å². The summed E-state index contributed by atoms with van der Waals surface area (Å²) in [7, 11) is 0. The van der Waals surface area contributed by atoms with Crippen LogP contribution in [0.3, 0.4) is 0 Å². The summed E-state index contributed by atoms with van der Waals surface area (Å²) in [6.07, 6.45) is 6.20. The number of rotatable bonds is 3. The Morgan fingerprint density at radius 3 is 2.60 bits per heavy atom. The molecule has 1 aliphatic carbocycles. The van der Waals surface area contributed by atoms with Gasteiger partial charge in [-0.2, -0.15) is 0 Å². The number of aliphatic carboxylic acids is 1. The van der Waals surface area contributed by atoms with Crippen molar-refractivity contribution >= 4 is 11.9 Å². The van der Waals surface area contributed by atoms with Crippen LogP contribution in [0.4, 0.5) is 0 Å². The lowest BCUT2D eigenvalue weighted by Crippen LogP contribution is -2.48. The van der Waals surface area contributed by atoms with Gasteiger partial charge in [-0.1, -0.05) is 19.3 Å². The Balaban J connectivity index is 1.94. The highest BCUT2D eigenvalue weighted by Crippen LogP contribution is 2.25. The van der Waals surface area contributed by atoms with Gasteiger partial charge in [0.25, 0.3) is 0 Å². The van der Waals surface area contributed by atoms with Gasteiger partial charge in [-0.15, -0.1) is 0 Å². The molecule has 4 unspecified atom stereocenters. The minimum atomic E-state index is -0.768. The van der Waals surface area contributed by atoms with E-state index in [1.807, 2.05) is 0 Å². The number of hydrogen-bond acceptors (Lipinski definition) is 3. The van der Waals surface area contributed by atoms with E-state index in [4.69, 9.17) is 0 Å². The summed E-state index contributed by atoms with van der Waals surface area (Å²) in [5.41, 5.74) is 0. The van der Waals surface area contributed by atoms with Crippen LogP contribution in [-0.4, -0.2) is 35.6 Å². The Morgan fingerprint density at radius 1 is 1.15 bits per heavy atom. The number of piperidine rings is 1. The van der Waals surface area contributed by atoms with Gasteiger partial charge in [0.2, 0.25) is 5.91 Å². The molecule has 2 fully saturated rings. The Hall–Kier alpha value is -1.10. The number of amides is 1. The zero-order valence-electron chi connectivity index (χ0n) is 12.2. The van der Waals surface area contributed by atoms with Crippen molar-refractivity contribution in [1.29, 1.82) is 0 Å². The van der Waals surface area contributed by atoms with Crippen LogP contribution >= 0.6 is 0 Å². The fourth-order valence-corrected chi connectivity index (χ4v) is 3.45. The van der Waals surface area contributed by atoms with E-state index in [0.717, 1.165) is 45.1 Å². The molecular formula is C15H26N2O3. The Bertz CT molecular complexity index is 359. The summed E-state index contributed by atoms with van der Waals surface area (Å²) in [4.78, 5) is 23.7. The van der Waals surface area contributed by atoms with Crippen LogP contribution in [-0.2, 0) is 9.59 Å². The van der Waals surface area contributed by atoms with E-state index in [0.29, 0.717) is 12.5 Å². The van der Waals surface area contributed by atoms with E-state index >= 15 is 0 Å². The summed E-state index contributed by atoms with van der Waals surface area (Å²) in [5.74, 6) is -1.10. The summed E-state index contributed by atoms with van der Waals surface area (Å²) >= 11 is 0. The fraction of sp³-hybridized carbons (Fsp3) is 0.867. The van der Waals surface area contributed by atoms with E-state index in [1.165, 1.54) is 0 Å². The van der Waals surface area contributed by atoms with Crippen molar-refractivity contribution in [3.8, 4) is 0 Å².